The summed E-state index contributed by atoms with van der Waals surface area (Å²) < 4.78 is 18.4. The van der Waals surface area contributed by atoms with Crippen molar-refractivity contribution in [2.24, 2.45) is 0 Å². The molecule has 8 nitrogen and oxygen atoms in total. The highest BCUT2D eigenvalue weighted by Crippen LogP contribution is 2.34. The number of carbonyl (C=O) groups excluding carboxylic acids is 3. The zero-order chi connectivity index (χ0) is 21.8. The zero-order valence-electron chi connectivity index (χ0n) is 17.1. The van der Waals surface area contributed by atoms with Gasteiger partial charge in [-0.3, -0.25) is 14.5 Å². The van der Waals surface area contributed by atoms with Crippen LogP contribution < -0.4 is 0 Å². The van der Waals surface area contributed by atoms with Crippen molar-refractivity contribution in [3.05, 3.63) is 41.3 Å². The molecule has 1 fully saturated rings. The number of benzene rings is 1. The Balaban J connectivity index is 1.86. The topological polar surface area (TPSA) is 90.4 Å². The van der Waals surface area contributed by atoms with E-state index in [2.05, 4.69) is 0 Å². The number of imide groups is 1. The van der Waals surface area contributed by atoms with Crippen molar-refractivity contribution in [2.45, 2.75) is 25.8 Å². The molecule has 0 bridgehead atoms. The summed E-state index contributed by atoms with van der Waals surface area (Å²) in [6.07, 6.45) is 0.497. The molecule has 1 N–H and O–H groups in total. The first-order valence-electron chi connectivity index (χ1n) is 10.0. The van der Waals surface area contributed by atoms with Gasteiger partial charge in [0.25, 0.3) is 11.8 Å². The number of hydrogen-bond donors (Lipinski definition) is 1. The third-order valence-electron chi connectivity index (χ3n) is 5.40. The summed E-state index contributed by atoms with van der Waals surface area (Å²) >= 11 is 0. The standard InChI is InChI=1S/C21H26FN3O5/c1-3-30-21(29)24-10-8-16(9-11-24)25-19(27)17(14-4-6-15(22)7-5-14)18(20(25)28)23(2)12-13-26/h4-7,16,26H,3,8-13H2,1-2H3. The van der Waals surface area contributed by atoms with Crippen molar-refractivity contribution < 1.29 is 28.6 Å². The molecule has 1 aromatic rings. The summed E-state index contributed by atoms with van der Waals surface area (Å²) in [5, 5.41) is 9.31. The van der Waals surface area contributed by atoms with Crippen LogP contribution >= 0.6 is 0 Å². The van der Waals surface area contributed by atoms with Crippen LogP contribution in [-0.4, -0.2) is 83.7 Å². The van der Waals surface area contributed by atoms with Crippen molar-refractivity contribution in [2.75, 3.05) is 39.9 Å². The molecule has 0 atom stereocenters. The van der Waals surface area contributed by atoms with Gasteiger partial charge in [-0.2, -0.15) is 0 Å². The third-order valence-corrected chi connectivity index (χ3v) is 5.40. The van der Waals surface area contributed by atoms with E-state index < -0.39 is 23.7 Å². The lowest BCUT2D eigenvalue weighted by Crippen LogP contribution is -2.49. The lowest BCUT2D eigenvalue weighted by molar-refractivity contribution is -0.141. The molecule has 9 heteroatoms. The minimum absolute atomic E-state index is 0.175. The van der Waals surface area contributed by atoms with E-state index in [0.717, 1.165) is 0 Å². The molecular weight excluding hydrogens is 393 g/mol. The van der Waals surface area contributed by atoms with Crippen LogP contribution in [0.15, 0.2) is 30.0 Å². The van der Waals surface area contributed by atoms with Crippen molar-refractivity contribution in [1.29, 1.82) is 0 Å². The first kappa shape index (κ1) is 21.8. The maximum absolute atomic E-state index is 13.4. The molecule has 3 amide bonds. The second-order valence-electron chi connectivity index (χ2n) is 7.27. The quantitative estimate of drug-likeness (QED) is 0.702. The molecule has 2 aliphatic heterocycles. The summed E-state index contributed by atoms with van der Waals surface area (Å²) in [5.74, 6) is -1.32. The van der Waals surface area contributed by atoms with E-state index in [1.165, 1.54) is 29.2 Å². The Morgan fingerprint density at radius 2 is 1.83 bits per heavy atom. The summed E-state index contributed by atoms with van der Waals surface area (Å²) in [4.78, 5) is 42.8. The Morgan fingerprint density at radius 1 is 1.20 bits per heavy atom. The third kappa shape index (κ3) is 4.16. The molecule has 0 aliphatic carbocycles. The van der Waals surface area contributed by atoms with E-state index in [0.29, 0.717) is 31.5 Å². The van der Waals surface area contributed by atoms with Gasteiger partial charge in [0.05, 0.1) is 18.8 Å². The largest absolute Gasteiger partial charge is 0.450 e. The molecule has 30 heavy (non-hydrogen) atoms. The highest BCUT2D eigenvalue weighted by molar-refractivity contribution is 6.35. The average Bonchev–Trinajstić information content (AvgIpc) is 2.99. The fourth-order valence-corrected chi connectivity index (χ4v) is 3.88. The van der Waals surface area contributed by atoms with Gasteiger partial charge < -0.3 is 19.6 Å². The van der Waals surface area contributed by atoms with E-state index in [-0.39, 0.29) is 37.1 Å². The molecule has 2 heterocycles. The number of aliphatic hydroxyl groups excluding tert-OH is 1. The number of amides is 3. The molecule has 1 saturated heterocycles. The first-order chi connectivity index (χ1) is 14.4. The lowest BCUT2D eigenvalue weighted by atomic mass is 10.0. The van der Waals surface area contributed by atoms with Gasteiger partial charge in [-0.25, -0.2) is 9.18 Å². The van der Waals surface area contributed by atoms with Gasteiger partial charge in [0, 0.05) is 32.7 Å². The van der Waals surface area contributed by atoms with Gasteiger partial charge in [-0.05, 0) is 37.5 Å². The van der Waals surface area contributed by atoms with Crippen LogP contribution in [0.1, 0.15) is 25.3 Å². The SMILES string of the molecule is CCOC(=O)N1CCC(N2C(=O)C(c3ccc(F)cc3)=C(N(C)CCO)C2=O)CC1. The fourth-order valence-electron chi connectivity index (χ4n) is 3.88. The normalized spacial score (nSPS) is 17.7. The molecule has 0 spiro atoms. The molecule has 3 rings (SSSR count). The predicted molar refractivity (Wildman–Crippen MR) is 107 cm³/mol. The van der Waals surface area contributed by atoms with Crippen molar-refractivity contribution in [1.82, 2.24) is 14.7 Å². The Kier molecular flexibility index (Phi) is 6.71. The van der Waals surface area contributed by atoms with Gasteiger partial charge in [-0.15, -0.1) is 0 Å². The Hall–Kier alpha value is -2.94. The van der Waals surface area contributed by atoms with Crippen LogP contribution in [0, 0.1) is 5.82 Å². The van der Waals surface area contributed by atoms with E-state index in [9.17, 15) is 23.9 Å². The molecule has 0 radical (unpaired) electrons. The maximum atomic E-state index is 13.4. The number of aliphatic hydroxyl groups is 1. The minimum Gasteiger partial charge on any atom is -0.450 e. The zero-order valence-corrected chi connectivity index (χ0v) is 17.1. The van der Waals surface area contributed by atoms with Gasteiger partial charge in [0.2, 0.25) is 0 Å². The summed E-state index contributed by atoms with van der Waals surface area (Å²) in [6, 6.07) is 5.06. The molecule has 2 aliphatic rings. The number of nitrogens with zero attached hydrogens (tertiary/aromatic N) is 3. The average molecular weight is 419 g/mol. The van der Waals surface area contributed by atoms with Gasteiger partial charge in [0.15, 0.2) is 0 Å². The molecule has 0 saturated carbocycles. The number of ether oxygens (including phenoxy) is 1. The number of rotatable bonds is 6. The first-order valence-corrected chi connectivity index (χ1v) is 10.0. The van der Waals surface area contributed by atoms with E-state index in [1.54, 1.807) is 23.8 Å². The molecular formula is C21H26FN3O5. The highest BCUT2D eigenvalue weighted by atomic mass is 19.1. The van der Waals surface area contributed by atoms with Gasteiger partial charge in [0.1, 0.15) is 11.5 Å². The van der Waals surface area contributed by atoms with Crippen LogP contribution in [-0.2, 0) is 14.3 Å². The van der Waals surface area contributed by atoms with Crippen molar-refractivity contribution in [3.63, 3.8) is 0 Å². The lowest BCUT2D eigenvalue weighted by Gasteiger charge is -2.35. The fraction of sp³-hybridized carbons (Fsp3) is 0.476. The van der Waals surface area contributed by atoms with E-state index >= 15 is 0 Å². The van der Waals surface area contributed by atoms with Crippen LogP contribution in [0.2, 0.25) is 0 Å². The number of hydrogen-bond acceptors (Lipinski definition) is 6. The highest BCUT2D eigenvalue weighted by Gasteiger charge is 2.45. The molecule has 0 unspecified atom stereocenters. The van der Waals surface area contributed by atoms with Crippen molar-refractivity contribution >= 4 is 23.5 Å². The van der Waals surface area contributed by atoms with Crippen LogP contribution in [0.3, 0.4) is 0 Å². The number of likely N-dealkylation sites (tertiary alicyclic amines) is 1. The second kappa shape index (κ2) is 9.25. The van der Waals surface area contributed by atoms with E-state index in [4.69, 9.17) is 4.74 Å². The molecule has 0 aromatic heterocycles. The maximum Gasteiger partial charge on any atom is 0.409 e. The van der Waals surface area contributed by atoms with E-state index in [1.807, 2.05) is 0 Å². The number of carbonyl (C=O) groups is 3. The monoisotopic (exact) mass is 419 g/mol. The molecule has 162 valence electrons. The summed E-state index contributed by atoms with van der Waals surface area (Å²) in [6.45, 7) is 2.78. The summed E-state index contributed by atoms with van der Waals surface area (Å²) in [7, 11) is 1.63. The Labute approximate surface area is 174 Å². The van der Waals surface area contributed by atoms with Gasteiger partial charge in [-0.1, -0.05) is 12.1 Å². The van der Waals surface area contributed by atoms with Crippen LogP contribution in [0.5, 0.6) is 0 Å². The smallest absolute Gasteiger partial charge is 0.409 e. The number of halogens is 1. The van der Waals surface area contributed by atoms with Gasteiger partial charge >= 0.3 is 6.09 Å². The Bertz CT molecular complexity index is 847. The molecule has 1 aromatic carbocycles. The number of likely N-dealkylation sites (N-methyl/N-ethyl adjacent to an activating group) is 1. The van der Waals surface area contributed by atoms with Crippen molar-refractivity contribution in [3.8, 4) is 0 Å². The van der Waals surface area contributed by atoms with Crippen LogP contribution in [0.25, 0.3) is 5.57 Å². The number of piperidine rings is 1. The second-order valence-corrected chi connectivity index (χ2v) is 7.27. The summed E-state index contributed by atoms with van der Waals surface area (Å²) in [5.41, 5.74) is 0.832. The Morgan fingerprint density at radius 3 is 2.40 bits per heavy atom. The van der Waals surface area contributed by atoms with Crippen LogP contribution in [0.4, 0.5) is 9.18 Å². The predicted octanol–water partition coefficient (Wildman–Crippen LogP) is 1.45. The minimum atomic E-state index is -0.444.